The van der Waals surface area contributed by atoms with Gasteiger partial charge in [0.25, 0.3) is 4.96 Å². The Morgan fingerprint density at radius 1 is 1.33 bits per heavy atom. The molecule has 112 valence electrons. The first-order valence-electron chi connectivity index (χ1n) is 6.81. The number of rotatable bonds is 2. The molecule has 2 aromatic rings. The summed E-state index contributed by atoms with van der Waals surface area (Å²) in [5.41, 5.74) is 0. The van der Waals surface area contributed by atoms with Gasteiger partial charge >= 0.3 is 5.82 Å². The molecule has 9 heteroatoms. The molecule has 0 atom stereocenters. The van der Waals surface area contributed by atoms with Crippen LogP contribution < -0.4 is 4.90 Å². The Bertz CT molecular complexity index is 681. The van der Waals surface area contributed by atoms with E-state index in [0.29, 0.717) is 49.9 Å². The zero-order valence-electron chi connectivity index (χ0n) is 11.2. The minimum absolute atomic E-state index is 0.0375. The van der Waals surface area contributed by atoms with Crippen LogP contribution in [0.2, 0.25) is 0 Å². The molecule has 2 aromatic heterocycles. The number of imidazole rings is 1. The SMILES string of the molecule is O=[N+]([O-])c1c(N2CCC3(CC2)OCCO3)nc2sccn12. The summed E-state index contributed by atoms with van der Waals surface area (Å²) in [7, 11) is 0. The standard InChI is InChI=1S/C12H14N4O4S/c17-16(18)10-9(13-11-15(10)5-8-21-11)14-3-1-12(2-4-14)19-6-7-20-12/h5,8H,1-4,6-7H2. The molecule has 0 radical (unpaired) electrons. The summed E-state index contributed by atoms with van der Waals surface area (Å²) < 4.78 is 12.9. The van der Waals surface area contributed by atoms with Crippen LogP contribution in [0.5, 0.6) is 0 Å². The van der Waals surface area contributed by atoms with Crippen molar-refractivity contribution in [3.63, 3.8) is 0 Å². The molecule has 4 rings (SSSR count). The van der Waals surface area contributed by atoms with Crippen LogP contribution in [0.4, 0.5) is 11.6 Å². The van der Waals surface area contributed by atoms with Crippen molar-refractivity contribution >= 4 is 27.9 Å². The molecule has 4 heterocycles. The van der Waals surface area contributed by atoms with Gasteiger partial charge in [-0.1, -0.05) is 11.3 Å². The average Bonchev–Trinajstić information content (AvgIpc) is 3.14. The monoisotopic (exact) mass is 310 g/mol. The minimum atomic E-state index is -0.484. The third-order valence-corrected chi connectivity index (χ3v) is 4.79. The van der Waals surface area contributed by atoms with Gasteiger partial charge < -0.3 is 24.5 Å². The molecule has 8 nitrogen and oxygen atoms in total. The number of thiazole rings is 1. The van der Waals surface area contributed by atoms with Crippen molar-refractivity contribution < 1.29 is 14.4 Å². The predicted octanol–water partition coefficient (Wildman–Crippen LogP) is 1.65. The molecule has 1 spiro atoms. The van der Waals surface area contributed by atoms with Gasteiger partial charge in [-0.2, -0.15) is 9.38 Å². The third-order valence-electron chi connectivity index (χ3n) is 4.03. The highest BCUT2D eigenvalue weighted by Gasteiger charge is 2.41. The van der Waals surface area contributed by atoms with E-state index < -0.39 is 5.79 Å². The first-order chi connectivity index (χ1) is 10.2. The maximum Gasteiger partial charge on any atom is 0.373 e. The topological polar surface area (TPSA) is 82.1 Å². The van der Waals surface area contributed by atoms with Gasteiger partial charge in [0.1, 0.15) is 6.20 Å². The molecular formula is C12H14N4O4S. The quantitative estimate of drug-likeness (QED) is 0.619. The van der Waals surface area contributed by atoms with E-state index in [1.165, 1.54) is 15.7 Å². The molecule has 2 aliphatic heterocycles. The zero-order chi connectivity index (χ0) is 14.4. The summed E-state index contributed by atoms with van der Waals surface area (Å²) in [6.45, 7) is 2.54. The van der Waals surface area contributed by atoms with Crippen LogP contribution in [0.15, 0.2) is 11.6 Å². The summed E-state index contributed by atoms with van der Waals surface area (Å²) >= 11 is 1.39. The third kappa shape index (κ3) is 2.00. The van der Waals surface area contributed by atoms with Crippen LogP contribution in [-0.2, 0) is 9.47 Å². The molecule has 0 amide bonds. The lowest BCUT2D eigenvalue weighted by Gasteiger charge is -2.37. The van der Waals surface area contributed by atoms with Gasteiger partial charge in [-0.15, -0.1) is 0 Å². The number of aromatic nitrogens is 2. The molecule has 0 saturated carbocycles. The fourth-order valence-electron chi connectivity index (χ4n) is 2.99. The van der Waals surface area contributed by atoms with Crippen molar-refractivity contribution in [3.05, 3.63) is 21.7 Å². The van der Waals surface area contributed by atoms with Crippen molar-refractivity contribution in [2.75, 3.05) is 31.2 Å². The molecule has 0 aliphatic carbocycles. The van der Waals surface area contributed by atoms with Gasteiger partial charge in [0.15, 0.2) is 5.79 Å². The van der Waals surface area contributed by atoms with Crippen LogP contribution in [0, 0.1) is 10.1 Å². The predicted molar refractivity (Wildman–Crippen MR) is 75.8 cm³/mol. The maximum absolute atomic E-state index is 11.4. The number of ether oxygens (including phenoxy) is 2. The van der Waals surface area contributed by atoms with E-state index >= 15 is 0 Å². The first-order valence-corrected chi connectivity index (χ1v) is 7.69. The number of nitro groups is 1. The van der Waals surface area contributed by atoms with E-state index in [2.05, 4.69) is 4.98 Å². The molecule has 2 aliphatic rings. The lowest BCUT2D eigenvalue weighted by atomic mass is 10.0. The second kappa shape index (κ2) is 4.65. The Morgan fingerprint density at radius 3 is 2.71 bits per heavy atom. The first kappa shape index (κ1) is 13.0. The smallest absolute Gasteiger partial charge is 0.358 e. The number of nitrogens with zero attached hydrogens (tertiary/aromatic N) is 4. The van der Waals surface area contributed by atoms with Crippen molar-refractivity contribution in [2.24, 2.45) is 0 Å². The molecule has 2 fully saturated rings. The molecule has 2 saturated heterocycles. The molecule has 0 aromatic carbocycles. The highest BCUT2D eigenvalue weighted by Crippen LogP contribution is 2.37. The van der Waals surface area contributed by atoms with E-state index in [1.807, 2.05) is 4.90 Å². The van der Waals surface area contributed by atoms with E-state index in [4.69, 9.17) is 9.47 Å². The van der Waals surface area contributed by atoms with E-state index in [1.54, 1.807) is 11.6 Å². The zero-order valence-corrected chi connectivity index (χ0v) is 12.0. The van der Waals surface area contributed by atoms with Crippen molar-refractivity contribution in [3.8, 4) is 0 Å². The molecule has 0 unspecified atom stereocenters. The molecule has 21 heavy (non-hydrogen) atoms. The number of fused-ring (bicyclic) bond motifs is 1. The van der Waals surface area contributed by atoms with Crippen molar-refractivity contribution in [1.29, 1.82) is 0 Å². The summed E-state index contributed by atoms with van der Waals surface area (Å²) in [6, 6.07) is 0. The summed E-state index contributed by atoms with van der Waals surface area (Å²) in [6.07, 6.45) is 3.09. The van der Waals surface area contributed by atoms with Crippen LogP contribution in [0.1, 0.15) is 12.8 Å². The fraction of sp³-hybridized carbons (Fsp3) is 0.583. The van der Waals surface area contributed by atoms with Crippen LogP contribution >= 0.6 is 11.3 Å². The normalized spacial score (nSPS) is 21.4. The van der Waals surface area contributed by atoms with Gasteiger partial charge in [0.05, 0.1) is 13.2 Å². The molecular weight excluding hydrogens is 296 g/mol. The highest BCUT2D eigenvalue weighted by atomic mass is 32.1. The summed E-state index contributed by atoms with van der Waals surface area (Å²) in [5.74, 6) is -0.00211. The Kier molecular flexibility index (Phi) is 2.88. The number of piperidine rings is 1. The van der Waals surface area contributed by atoms with Gasteiger partial charge in [0.2, 0.25) is 5.82 Å². The van der Waals surface area contributed by atoms with Crippen molar-refractivity contribution in [1.82, 2.24) is 9.38 Å². The lowest BCUT2D eigenvalue weighted by molar-refractivity contribution is -0.389. The van der Waals surface area contributed by atoms with E-state index in [0.717, 1.165) is 0 Å². The summed E-state index contributed by atoms with van der Waals surface area (Å²) in [5, 5.41) is 13.2. The Hall–Kier alpha value is -1.71. The molecule has 0 bridgehead atoms. The number of hydrogen-bond acceptors (Lipinski definition) is 7. The maximum atomic E-state index is 11.4. The van der Waals surface area contributed by atoms with E-state index in [9.17, 15) is 10.1 Å². The van der Waals surface area contributed by atoms with Crippen LogP contribution in [-0.4, -0.2) is 46.4 Å². The van der Waals surface area contributed by atoms with Gasteiger partial charge in [-0.3, -0.25) is 0 Å². The van der Waals surface area contributed by atoms with Crippen LogP contribution in [0.25, 0.3) is 4.96 Å². The summed E-state index contributed by atoms with van der Waals surface area (Å²) in [4.78, 5) is 18.0. The second-order valence-corrected chi connectivity index (χ2v) is 6.04. The largest absolute Gasteiger partial charge is 0.373 e. The van der Waals surface area contributed by atoms with E-state index in [-0.39, 0.29) is 10.7 Å². The highest BCUT2D eigenvalue weighted by molar-refractivity contribution is 7.15. The minimum Gasteiger partial charge on any atom is -0.358 e. The second-order valence-electron chi connectivity index (χ2n) is 5.17. The number of hydrogen-bond donors (Lipinski definition) is 0. The number of anilines is 1. The van der Waals surface area contributed by atoms with Crippen LogP contribution in [0.3, 0.4) is 0 Å². The fourth-order valence-corrected chi connectivity index (χ4v) is 3.69. The average molecular weight is 310 g/mol. The van der Waals surface area contributed by atoms with Gasteiger partial charge in [-0.05, 0) is 4.92 Å². The Morgan fingerprint density at radius 2 is 2.05 bits per heavy atom. The van der Waals surface area contributed by atoms with Gasteiger partial charge in [-0.25, -0.2) is 0 Å². The van der Waals surface area contributed by atoms with Gasteiger partial charge in [0, 0.05) is 31.3 Å². The Labute approximate surface area is 124 Å². The molecule has 0 N–H and O–H groups in total. The van der Waals surface area contributed by atoms with Crippen molar-refractivity contribution in [2.45, 2.75) is 18.6 Å². The lowest BCUT2D eigenvalue weighted by Crippen LogP contribution is -2.45. The Balaban J connectivity index is 1.63.